The van der Waals surface area contributed by atoms with Crippen LogP contribution in [0.15, 0.2) is 12.3 Å². The van der Waals surface area contributed by atoms with E-state index in [1.54, 1.807) is 0 Å². The summed E-state index contributed by atoms with van der Waals surface area (Å²) < 4.78 is 4.75. The van der Waals surface area contributed by atoms with Crippen LogP contribution < -0.4 is 34.7 Å². The Balaban J connectivity index is 0. The number of ether oxygens (including phenoxy) is 1. The van der Waals surface area contributed by atoms with Gasteiger partial charge in [-0.3, -0.25) is 4.79 Å². The van der Waals surface area contributed by atoms with Gasteiger partial charge in [0.1, 0.15) is 0 Å². The normalized spacial score (nSPS) is 10.3. The zero-order chi connectivity index (χ0) is 15.1. The topological polar surface area (TPSA) is 66.4 Å². The van der Waals surface area contributed by atoms with E-state index in [4.69, 9.17) is 4.74 Å². The number of carboxylic acids is 1. The molecule has 0 N–H and O–H groups in total. The van der Waals surface area contributed by atoms with Gasteiger partial charge in [-0.2, -0.15) is 0 Å². The average Bonchev–Trinajstić information content (AvgIpc) is 2.42. The van der Waals surface area contributed by atoms with Crippen molar-refractivity contribution in [2.24, 2.45) is 0 Å². The standard InChI is InChI=1S/C16H28O4.Na/c1-2-3-4-5-6-7-8-9-10-11-14-20-16(19)13-12-15(17)18;/h11,14H,2-10,12-13H2,1H3,(H,17,18);/q;+1/p-1/b14-11+;. The van der Waals surface area contributed by atoms with E-state index < -0.39 is 11.9 Å². The molecule has 0 saturated heterocycles. The quantitative estimate of drug-likeness (QED) is 0.210. The molecule has 0 atom stereocenters. The Morgan fingerprint density at radius 3 is 2.10 bits per heavy atom. The summed E-state index contributed by atoms with van der Waals surface area (Å²) in [5.74, 6) is -1.76. The van der Waals surface area contributed by atoms with E-state index in [9.17, 15) is 14.7 Å². The van der Waals surface area contributed by atoms with Gasteiger partial charge in [0.25, 0.3) is 0 Å². The number of unbranched alkanes of at least 4 members (excludes halogenated alkanes) is 8. The van der Waals surface area contributed by atoms with E-state index in [1.165, 1.54) is 51.2 Å². The summed E-state index contributed by atoms with van der Waals surface area (Å²) in [7, 11) is 0. The van der Waals surface area contributed by atoms with Crippen molar-refractivity contribution in [3.8, 4) is 0 Å². The van der Waals surface area contributed by atoms with Crippen molar-refractivity contribution < 1.29 is 49.0 Å². The number of aliphatic carboxylic acids is 1. The number of carboxylic acid groups (broad SMARTS) is 1. The molecule has 21 heavy (non-hydrogen) atoms. The van der Waals surface area contributed by atoms with Crippen LogP contribution in [0.25, 0.3) is 0 Å². The van der Waals surface area contributed by atoms with E-state index >= 15 is 0 Å². The summed E-state index contributed by atoms with van der Waals surface area (Å²) in [5.41, 5.74) is 0. The fraction of sp³-hybridized carbons (Fsp3) is 0.750. The van der Waals surface area contributed by atoms with Gasteiger partial charge in [0.2, 0.25) is 0 Å². The van der Waals surface area contributed by atoms with Gasteiger partial charge in [0.05, 0.1) is 12.7 Å². The van der Waals surface area contributed by atoms with Gasteiger partial charge in [0.15, 0.2) is 0 Å². The minimum absolute atomic E-state index is 0. The molecule has 0 fully saturated rings. The van der Waals surface area contributed by atoms with E-state index in [0.29, 0.717) is 0 Å². The molecule has 0 aromatic heterocycles. The zero-order valence-electron chi connectivity index (χ0n) is 13.6. The molecule has 0 aliphatic rings. The second-order valence-corrected chi connectivity index (χ2v) is 5.00. The van der Waals surface area contributed by atoms with Crippen LogP contribution in [0.1, 0.15) is 77.6 Å². The van der Waals surface area contributed by atoms with Gasteiger partial charge in [-0.1, -0.05) is 51.9 Å². The van der Waals surface area contributed by atoms with E-state index in [-0.39, 0.29) is 42.4 Å². The molecule has 0 saturated carbocycles. The first-order valence-electron chi connectivity index (χ1n) is 7.71. The molecule has 116 valence electrons. The molecular formula is C16H27NaO4. The third-order valence-corrected chi connectivity index (χ3v) is 3.05. The fourth-order valence-corrected chi connectivity index (χ4v) is 1.85. The Kier molecular flexibility index (Phi) is 19.4. The van der Waals surface area contributed by atoms with Gasteiger partial charge in [-0.15, -0.1) is 0 Å². The molecule has 0 aliphatic carbocycles. The predicted octanol–water partition coefficient (Wildman–Crippen LogP) is 0.108. The molecule has 0 spiro atoms. The number of carbonyl (C=O) groups excluding carboxylic acids is 2. The average molecular weight is 306 g/mol. The fourth-order valence-electron chi connectivity index (χ4n) is 1.85. The SMILES string of the molecule is CCCCCCCCCC/C=C/OC(=O)CCC(=O)[O-].[Na+]. The van der Waals surface area contributed by atoms with Crippen molar-refractivity contribution in [2.45, 2.75) is 77.6 Å². The third-order valence-electron chi connectivity index (χ3n) is 3.05. The Labute approximate surface area is 150 Å². The van der Waals surface area contributed by atoms with E-state index in [0.717, 1.165) is 12.8 Å². The van der Waals surface area contributed by atoms with Crippen molar-refractivity contribution in [3.05, 3.63) is 12.3 Å². The van der Waals surface area contributed by atoms with Gasteiger partial charge in [-0.25, -0.2) is 0 Å². The van der Waals surface area contributed by atoms with E-state index in [2.05, 4.69) is 6.92 Å². The van der Waals surface area contributed by atoms with E-state index in [1.807, 2.05) is 6.08 Å². The number of esters is 1. The summed E-state index contributed by atoms with van der Waals surface area (Å²) in [6.45, 7) is 2.22. The van der Waals surface area contributed by atoms with Crippen molar-refractivity contribution in [1.29, 1.82) is 0 Å². The largest absolute Gasteiger partial charge is 1.00 e. The molecule has 0 unspecified atom stereocenters. The zero-order valence-corrected chi connectivity index (χ0v) is 15.6. The second-order valence-electron chi connectivity index (χ2n) is 5.00. The minimum Gasteiger partial charge on any atom is -0.550 e. The Hall–Kier alpha value is -0.320. The van der Waals surface area contributed by atoms with Crippen LogP contribution in [0.3, 0.4) is 0 Å². The predicted molar refractivity (Wildman–Crippen MR) is 76.7 cm³/mol. The van der Waals surface area contributed by atoms with Gasteiger partial charge in [0, 0.05) is 5.97 Å². The summed E-state index contributed by atoms with van der Waals surface area (Å²) in [6, 6.07) is 0. The van der Waals surface area contributed by atoms with Crippen molar-refractivity contribution >= 4 is 11.9 Å². The molecule has 0 amide bonds. The Morgan fingerprint density at radius 1 is 0.952 bits per heavy atom. The number of allylic oxidation sites excluding steroid dienone is 1. The second kappa shape index (κ2) is 17.7. The molecule has 0 bridgehead atoms. The monoisotopic (exact) mass is 306 g/mol. The number of hydrogen-bond acceptors (Lipinski definition) is 4. The molecule has 0 radical (unpaired) electrons. The third kappa shape index (κ3) is 19.7. The van der Waals surface area contributed by atoms with Crippen molar-refractivity contribution in [3.63, 3.8) is 0 Å². The first-order chi connectivity index (χ1) is 9.66. The Bertz CT molecular complexity index is 290. The first kappa shape index (κ1) is 23.0. The molecule has 0 rings (SSSR count). The summed E-state index contributed by atoms with van der Waals surface area (Å²) >= 11 is 0. The van der Waals surface area contributed by atoms with Crippen LogP contribution in [-0.2, 0) is 14.3 Å². The van der Waals surface area contributed by atoms with Crippen LogP contribution in [0, 0.1) is 0 Å². The van der Waals surface area contributed by atoms with Crippen LogP contribution in [0.4, 0.5) is 0 Å². The minimum atomic E-state index is -1.23. The summed E-state index contributed by atoms with van der Waals surface area (Å²) in [4.78, 5) is 21.2. The molecule has 0 heterocycles. The van der Waals surface area contributed by atoms with Gasteiger partial charge in [-0.05, 0) is 25.3 Å². The number of carbonyl (C=O) groups is 2. The first-order valence-corrected chi connectivity index (χ1v) is 7.71. The van der Waals surface area contributed by atoms with Gasteiger partial charge < -0.3 is 14.6 Å². The molecule has 4 nitrogen and oxygen atoms in total. The van der Waals surface area contributed by atoms with Crippen molar-refractivity contribution in [1.82, 2.24) is 0 Å². The maximum Gasteiger partial charge on any atom is 1.00 e. The Morgan fingerprint density at radius 2 is 1.52 bits per heavy atom. The van der Waals surface area contributed by atoms with Crippen LogP contribution in [-0.4, -0.2) is 11.9 Å². The van der Waals surface area contributed by atoms with Crippen LogP contribution in [0.2, 0.25) is 0 Å². The van der Waals surface area contributed by atoms with Crippen LogP contribution >= 0.6 is 0 Å². The maximum atomic E-state index is 11.0. The molecular weight excluding hydrogens is 279 g/mol. The van der Waals surface area contributed by atoms with Gasteiger partial charge >= 0.3 is 35.5 Å². The van der Waals surface area contributed by atoms with Crippen LogP contribution in [0.5, 0.6) is 0 Å². The maximum absolute atomic E-state index is 11.0. The molecule has 0 aliphatic heterocycles. The summed E-state index contributed by atoms with van der Waals surface area (Å²) in [6.07, 6.45) is 13.8. The smallest absolute Gasteiger partial charge is 0.550 e. The number of hydrogen-bond donors (Lipinski definition) is 0. The molecule has 0 aromatic rings. The molecule has 5 heteroatoms. The summed E-state index contributed by atoms with van der Waals surface area (Å²) in [5, 5.41) is 10.1. The molecule has 0 aromatic carbocycles. The number of rotatable bonds is 13. The van der Waals surface area contributed by atoms with Crippen molar-refractivity contribution in [2.75, 3.05) is 0 Å².